The van der Waals surface area contributed by atoms with Crippen LogP contribution in [0.25, 0.3) is 10.8 Å². The maximum atomic E-state index is 12.7. The van der Waals surface area contributed by atoms with Crippen LogP contribution in [0, 0.1) is 0 Å². The lowest BCUT2D eigenvalue weighted by Gasteiger charge is -2.26. The van der Waals surface area contributed by atoms with Crippen LogP contribution in [0.15, 0.2) is 70.4 Å². The topological polar surface area (TPSA) is 53.9 Å². The third-order valence-electron chi connectivity index (χ3n) is 5.52. The van der Waals surface area contributed by atoms with E-state index in [1.807, 2.05) is 39.0 Å². The van der Waals surface area contributed by atoms with Crippen molar-refractivity contribution in [1.82, 2.24) is 4.90 Å². The van der Waals surface area contributed by atoms with Crippen molar-refractivity contribution in [2.45, 2.75) is 20.8 Å². The SMILES string of the molecule is CN=C(/C=C(/C)Nc1ccc2ccccc2c1)/C(C)=C(/C)C(=O)CN1CCOCC1. The fraction of sp³-hybridized carbons (Fsp3) is 0.360. The molecule has 0 aliphatic carbocycles. The Bertz CT molecular complexity index is 998. The van der Waals surface area contributed by atoms with Crippen LogP contribution < -0.4 is 5.32 Å². The summed E-state index contributed by atoms with van der Waals surface area (Å²) in [6, 6.07) is 14.6. The van der Waals surface area contributed by atoms with Gasteiger partial charge in [0.1, 0.15) is 0 Å². The van der Waals surface area contributed by atoms with Crippen molar-refractivity contribution >= 4 is 28.0 Å². The molecule has 0 saturated carbocycles. The Hall–Kier alpha value is -2.76. The highest BCUT2D eigenvalue weighted by Gasteiger charge is 2.17. The van der Waals surface area contributed by atoms with Crippen molar-refractivity contribution in [3.63, 3.8) is 0 Å². The average Bonchev–Trinajstić information content (AvgIpc) is 2.77. The summed E-state index contributed by atoms with van der Waals surface area (Å²) in [6.45, 7) is 9.30. The molecule has 1 saturated heterocycles. The first-order chi connectivity index (χ1) is 14.5. The fourth-order valence-corrected chi connectivity index (χ4v) is 3.56. The first kappa shape index (κ1) is 21.9. The molecule has 5 heteroatoms. The summed E-state index contributed by atoms with van der Waals surface area (Å²) in [5, 5.41) is 5.85. The first-order valence-corrected chi connectivity index (χ1v) is 10.4. The van der Waals surface area contributed by atoms with E-state index in [9.17, 15) is 4.79 Å². The molecule has 2 aromatic rings. The third-order valence-corrected chi connectivity index (χ3v) is 5.52. The molecule has 0 aromatic heterocycles. The standard InChI is InChI=1S/C25H31N3O2/c1-18(27-23-10-9-21-7-5-6-8-22(21)16-23)15-24(26-4)19(2)20(3)25(29)17-28-11-13-30-14-12-28/h5-10,15-16,27H,11-14,17H2,1-4H3/b18-15-,20-19-,26-24?. The van der Waals surface area contributed by atoms with Gasteiger partial charge in [0.2, 0.25) is 0 Å². The monoisotopic (exact) mass is 405 g/mol. The first-order valence-electron chi connectivity index (χ1n) is 10.4. The number of rotatable bonds is 7. The summed E-state index contributed by atoms with van der Waals surface area (Å²) in [5.41, 5.74) is 4.49. The van der Waals surface area contributed by atoms with Gasteiger partial charge in [0, 0.05) is 31.5 Å². The smallest absolute Gasteiger partial charge is 0.172 e. The molecule has 2 aromatic carbocycles. The van der Waals surface area contributed by atoms with Crippen LogP contribution in [0.2, 0.25) is 0 Å². The molecule has 0 amide bonds. The van der Waals surface area contributed by atoms with Crippen molar-refractivity contribution in [1.29, 1.82) is 0 Å². The second-order valence-corrected chi connectivity index (χ2v) is 7.68. The van der Waals surface area contributed by atoms with Crippen LogP contribution in [-0.2, 0) is 9.53 Å². The number of benzene rings is 2. The number of allylic oxidation sites excluding steroid dienone is 3. The lowest BCUT2D eigenvalue weighted by atomic mass is 10.0. The number of nitrogens with zero attached hydrogens (tertiary/aromatic N) is 2. The van der Waals surface area contributed by atoms with Gasteiger partial charge in [-0.05, 0) is 60.9 Å². The lowest BCUT2D eigenvalue weighted by molar-refractivity contribution is -0.117. The summed E-state index contributed by atoms with van der Waals surface area (Å²) in [5.74, 6) is 0.143. The number of aliphatic imine (C=N–C) groups is 1. The van der Waals surface area contributed by atoms with Crippen LogP contribution in [-0.4, -0.2) is 56.3 Å². The highest BCUT2D eigenvalue weighted by molar-refractivity contribution is 6.14. The number of fused-ring (bicyclic) bond motifs is 1. The van der Waals surface area contributed by atoms with E-state index in [-0.39, 0.29) is 5.78 Å². The van der Waals surface area contributed by atoms with Crippen LogP contribution in [0.5, 0.6) is 0 Å². The van der Waals surface area contributed by atoms with Gasteiger partial charge in [-0.25, -0.2) is 0 Å². The molecule has 0 unspecified atom stereocenters. The maximum absolute atomic E-state index is 12.7. The molecule has 1 aliphatic heterocycles. The number of ketones is 1. The van der Waals surface area contributed by atoms with Gasteiger partial charge in [0.05, 0.1) is 25.5 Å². The molecule has 0 radical (unpaired) electrons. The zero-order chi connectivity index (χ0) is 21.5. The van der Waals surface area contributed by atoms with Gasteiger partial charge in [0.25, 0.3) is 0 Å². The molecular weight excluding hydrogens is 374 g/mol. The fourth-order valence-electron chi connectivity index (χ4n) is 3.56. The molecule has 0 spiro atoms. The number of hydrogen-bond acceptors (Lipinski definition) is 5. The van der Waals surface area contributed by atoms with Gasteiger partial charge in [-0.15, -0.1) is 0 Å². The van der Waals surface area contributed by atoms with Crippen LogP contribution >= 0.6 is 0 Å². The number of morpholine rings is 1. The quantitative estimate of drug-likeness (QED) is 0.546. The Balaban J connectivity index is 1.71. The van der Waals surface area contributed by atoms with E-state index in [1.54, 1.807) is 7.05 Å². The van der Waals surface area contributed by atoms with Crippen LogP contribution in [0.4, 0.5) is 5.69 Å². The van der Waals surface area contributed by atoms with Crippen molar-refractivity contribution in [3.05, 3.63) is 65.4 Å². The zero-order valence-electron chi connectivity index (χ0n) is 18.4. The number of nitrogens with one attached hydrogen (secondary N) is 1. The predicted molar refractivity (Wildman–Crippen MR) is 125 cm³/mol. The molecule has 3 rings (SSSR count). The minimum absolute atomic E-state index is 0.143. The van der Waals surface area contributed by atoms with Gasteiger partial charge in [0.15, 0.2) is 5.78 Å². The summed E-state index contributed by atoms with van der Waals surface area (Å²) >= 11 is 0. The normalized spacial score (nSPS) is 17.1. The Morgan fingerprint density at radius 2 is 1.77 bits per heavy atom. The predicted octanol–water partition coefficient (Wildman–Crippen LogP) is 4.46. The number of carbonyl (C=O) groups is 1. The number of Topliss-reactive ketones (excluding diaryl/α,β-unsaturated/α-hetero) is 1. The number of ether oxygens (including phenoxy) is 1. The van der Waals surface area contributed by atoms with Gasteiger partial charge in [-0.1, -0.05) is 30.3 Å². The average molecular weight is 406 g/mol. The van der Waals surface area contributed by atoms with Crippen LogP contribution in [0.3, 0.4) is 0 Å². The largest absolute Gasteiger partial charge is 0.379 e. The van der Waals surface area contributed by atoms with E-state index in [1.165, 1.54) is 10.8 Å². The van der Waals surface area contributed by atoms with Crippen molar-refractivity contribution < 1.29 is 9.53 Å². The molecule has 0 atom stereocenters. The van der Waals surface area contributed by atoms with Gasteiger partial charge < -0.3 is 10.1 Å². The van der Waals surface area contributed by atoms with Gasteiger partial charge >= 0.3 is 0 Å². The minimum atomic E-state index is 0.143. The summed E-state index contributed by atoms with van der Waals surface area (Å²) in [6.07, 6.45) is 2.00. The Kier molecular flexibility index (Phi) is 7.55. The van der Waals surface area contributed by atoms with Crippen molar-refractivity contribution in [2.75, 3.05) is 45.2 Å². The summed E-state index contributed by atoms with van der Waals surface area (Å²) < 4.78 is 5.36. The molecule has 0 bridgehead atoms. The molecule has 1 N–H and O–H groups in total. The lowest BCUT2D eigenvalue weighted by Crippen LogP contribution is -2.39. The minimum Gasteiger partial charge on any atom is -0.379 e. The second-order valence-electron chi connectivity index (χ2n) is 7.68. The van der Waals surface area contributed by atoms with E-state index < -0.39 is 0 Å². The zero-order valence-corrected chi connectivity index (χ0v) is 18.4. The Labute approximate surface area is 179 Å². The number of anilines is 1. The summed E-state index contributed by atoms with van der Waals surface area (Å²) in [4.78, 5) is 19.3. The van der Waals surface area contributed by atoms with Crippen molar-refractivity contribution in [2.24, 2.45) is 4.99 Å². The van der Waals surface area contributed by atoms with E-state index in [2.05, 4.69) is 45.5 Å². The molecule has 1 heterocycles. The molecule has 1 fully saturated rings. The summed E-state index contributed by atoms with van der Waals surface area (Å²) in [7, 11) is 1.76. The van der Waals surface area contributed by atoms with Gasteiger partial charge in [-0.2, -0.15) is 0 Å². The van der Waals surface area contributed by atoms with Crippen LogP contribution in [0.1, 0.15) is 20.8 Å². The maximum Gasteiger partial charge on any atom is 0.172 e. The van der Waals surface area contributed by atoms with E-state index >= 15 is 0 Å². The van der Waals surface area contributed by atoms with E-state index in [0.29, 0.717) is 19.8 Å². The number of carbonyl (C=O) groups excluding carboxylic acids is 1. The van der Waals surface area contributed by atoms with Gasteiger partial charge in [-0.3, -0.25) is 14.7 Å². The highest BCUT2D eigenvalue weighted by Crippen LogP contribution is 2.20. The Morgan fingerprint density at radius 3 is 2.47 bits per heavy atom. The second kappa shape index (κ2) is 10.3. The molecule has 30 heavy (non-hydrogen) atoms. The number of hydrogen-bond donors (Lipinski definition) is 1. The highest BCUT2D eigenvalue weighted by atomic mass is 16.5. The van der Waals surface area contributed by atoms with Crippen molar-refractivity contribution in [3.8, 4) is 0 Å². The third kappa shape index (κ3) is 5.65. The van der Waals surface area contributed by atoms with E-state index in [0.717, 1.165) is 41.3 Å². The molecular formula is C25H31N3O2. The van der Waals surface area contributed by atoms with E-state index in [4.69, 9.17) is 4.74 Å². The Morgan fingerprint density at radius 1 is 1.07 bits per heavy atom. The molecule has 158 valence electrons. The molecule has 1 aliphatic rings. The molecule has 5 nitrogen and oxygen atoms in total.